The van der Waals surface area contributed by atoms with Crippen LogP contribution in [0.2, 0.25) is 0 Å². The molecule has 25 heavy (non-hydrogen) atoms. The van der Waals surface area contributed by atoms with E-state index in [0.29, 0.717) is 11.0 Å². The van der Waals surface area contributed by atoms with E-state index in [1.807, 2.05) is 0 Å². The summed E-state index contributed by atoms with van der Waals surface area (Å²) < 4.78 is 5.30. The summed E-state index contributed by atoms with van der Waals surface area (Å²) in [5, 5.41) is 20.1. The van der Waals surface area contributed by atoms with Crippen molar-refractivity contribution in [3.05, 3.63) is 52.4 Å². The van der Waals surface area contributed by atoms with Crippen molar-refractivity contribution in [2.75, 3.05) is 0 Å². The van der Waals surface area contributed by atoms with E-state index in [1.165, 1.54) is 12.3 Å². The van der Waals surface area contributed by atoms with E-state index < -0.39 is 30.3 Å². The van der Waals surface area contributed by atoms with Crippen LogP contribution in [-0.2, 0) is 14.4 Å². The lowest BCUT2D eigenvalue weighted by Gasteiger charge is -2.11. The van der Waals surface area contributed by atoms with Crippen LogP contribution in [-0.4, -0.2) is 34.1 Å². The molecule has 130 valence electrons. The van der Waals surface area contributed by atoms with Crippen LogP contribution in [0, 0.1) is 0 Å². The Morgan fingerprint density at radius 3 is 2.60 bits per heavy atom. The number of aliphatic carboxylic acids is 2. The van der Waals surface area contributed by atoms with Crippen LogP contribution in [0.1, 0.15) is 18.4 Å². The van der Waals surface area contributed by atoms with Gasteiger partial charge in [-0.25, -0.2) is 4.79 Å². The van der Waals surface area contributed by atoms with Crippen LogP contribution in [0.4, 0.5) is 0 Å². The van der Waals surface area contributed by atoms with Gasteiger partial charge in [0.2, 0.25) is 5.91 Å². The number of nitrogens with one attached hydrogen (secondary N) is 1. The van der Waals surface area contributed by atoms with Gasteiger partial charge >= 0.3 is 11.9 Å². The fraction of sp³-hybridized carbons (Fsp3) is 0.176. The van der Waals surface area contributed by atoms with Crippen LogP contribution >= 0.6 is 0 Å². The molecule has 0 fully saturated rings. The molecule has 0 aliphatic rings. The maximum absolute atomic E-state index is 12.2. The van der Waals surface area contributed by atoms with Crippen LogP contribution in [0.3, 0.4) is 0 Å². The van der Waals surface area contributed by atoms with E-state index in [2.05, 4.69) is 5.32 Å². The highest BCUT2D eigenvalue weighted by molar-refractivity contribution is 5.94. The van der Waals surface area contributed by atoms with Gasteiger partial charge in [-0.1, -0.05) is 12.1 Å². The molecule has 0 saturated carbocycles. The zero-order valence-corrected chi connectivity index (χ0v) is 13.0. The summed E-state index contributed by atoms with van der Waals surface area (Å²) in [4.78, 5) is 45.6. The molecule has 0 radical (unpaired) electrons. The third-order valence-corrected chi connectivity index (χ3v) is 3.38. The highest BCUT2D eigenvalue weighted by atomic mass is 16.4. The average Bonchev–Trinajstić information content (AvgIpc) is 2.57. The second-order valence-corrected chi connectivity index (χ2v) is 5.18. The predicted molar refractivity (Wildman–Crippen MR) is 88.0 cm³/mol. The highest BCUT2D eigenvalue weighted by Gasteiger charge is 2.19. The number of hydrogen-bond donors (Lipinski definition) is 3. The van der Waals surface area contributed by atoms with E-state index in [-0.39, 0.29) is 17.4 Å². The molecule has 1 aromatic heterocycles. The van der Waals surface area contributed by atoms with E-state index in [9.17, 15) is 19.2 Å². The standard InChI is InChI=1S/C17H15NO7/c19-14(18-12(17(23)24)6-8-15(20)21)7-5-10-9-25-13-4-2-1-3-11(13)16(10)22/h1-5,7,9,12H,6,8H2,(H,18,19)(H,20,21)(H,23,24)/b7-5+/t12-/m0/s1. The fourth-order valence-electron chi connectivity index (χ4n) is 2.12. The Kier molecular flexibility index (Phi) is 5.67. The summed E-state index contributed by atoms with van der Waals surface area (Å²) in [6, 6.07) is 5.29. The maximum atomic E-state index is 12.2. The molecule has 0 unspecified atom stereocenters. The molecule has 2 rings (SSSR count). The first-order valence-corrected chi connectivity index (χ1v) is 7.32. The predicted octanol–water partition coefficient (Wildman–Crippen LogP) is 1.24. The molecule has 2 aromatic rings. The first-order chi connectivity index (χ1) is 11.9. The maximum Gasteiger partial charge on any atom is 0.326 e. The lowest BCUT2D eigenvalue weighted by Crippen LogP contribution is -2.40. The number of rotatable bonds is 7. The number of fused-ring (bicyclic) bond motifs is 1. The SMILES string of the molecule is O=C(O)CC[C@H](NC(=O)/C=C/c1coc2ccccc2c1=O)C(=O)O. The molecule has 1 aromatic carbocycles. The minimum atomic E-state index is -1.34. The number of para-hydroxylation sites is 1. The Morgan fingerprint density at radius 1 is 1.20 bits per heavy atom. The summed E-state index contributed by atoms with van der Waals surface area (Å²) in [5.41, 5.74) is 0.214. The number of carbonyl (C=O) groups is 3. The Bertz CT molecular complexity index is 897. The minimum Gasteiger partial charge on any atom is -0.481 e. The van der Waals surface area contributed by atoms with Gasteiger partial charge in [-0.15, -0.1) is 0 Å². The van der Waals surface area contributed by atoms with E-state index >= 15 is 0 Å². The highest BCUT2D eigenvalue weighted by Crippen LogP contribution is 2.11. The number of carbonyl (C=O) groups excluding carboxylic acids is 1. The molecular formula is C17H15NO7. The van der Waals surface area contributed by atoms with Crippen LogP contribution < -0.4 is 10.7 Å². The van der Waals surface area contributed by atoms with E-state index in [0.717, 1.165) is 6.08 Å². The second-order valence-electron chi connectivity index (χ2n) is 5.18. The van der Waals surface area contributed by atoms with Crippen molar-refractivity contribution in [1.29, 1.82) is 0 Å². The Labute approximate surface area is 141 Å². The molecule has 1 amide bonds. The van der Waals surface area contributed by atoms with Gasteiger partial charge in [-0.2, -0.15) is 0 Å². The quantitative estimate of drug-likeness (QED) is 0.643. The van der Waals surface area contributed by atoms with Crippen LogP contribution in [0.5, 0.6) is 0 Å². The molecule has 8 heteroatoms. The zero-order chi connectivity index (χ0) is 18.4. The van der Waals surface area contributed by atoms with Crippen LogP contribution in [0.15, 0.2) is 45.8 Å². The van der Waals surface area contributed by atoms with Gasteiger partial charge in [0.1, 0.15) is 17.9 Å². The van der Waals surface area contributed by atoms with Crippen molar-refractivity contribution in [3.63, 3.8) is 0 Å². The number of carboxylic acids is 2. The smallest absolute Gasteiger partial charge is 0.326 e. The normalized spacial score (nSPS) is 12.2. The zero-order valence-electron chi connectivity index (χ0n) is 13.0. The lowest BCUT2D eigenvalue weighted by molar-refractivity contribution is -0.142. The monoisotopic (exact) mass is 345 g/mol. The van der Waals surface area contributed by atoms with Gasteiger partial charge < -0.3 is 19.9 Å². The third kappa shape index (κ3) is 4.77. The largest absolute Gasteiger partial charge is 0.481 e. The van der Waals surface area contributed by atoms with Gasteiger partial charge in [-0.05, 0) is 24.6 Å². The summed E-state index contributed by atoms with van der Waals surface area (Å²) in [5.74, 6) is -3.26. The van der Waals surface area contributed by atoms with Crippen molar-refractivity contribution < 1.29 is 29.0 Å². The molecule has 3 N–H and O–H groups in total. The first kappa shape index (κ1) is 17.9. The number of amides is 1. The van der Waals surface area contributed by atoms with Crippen LogP contribution in [0.25, 0.3) is 17.0 Å². The number of hydrogen-bond acceptors (Lipinski definition) is 5. The summed E-state index contributed by atoms with van der Waals surface area (Å²) >= 11 is 0. The second kappa shape index (κ2) is 7.91. The van der Waals surface area contributed by atoms with Gasteiger partial charge in [0.15, 0.2) is 5.43 Å². The summed E-state index contributed by atoms with van der Waals surface area (Å²) in [6.45, 7) is 0. The fourth-order valence-corrected chi connectivity index (χ4v) is 2.12. The third-order valence-electron chi connectivity index (χ3n) is 3.38. The molecule has 0 spiro atoms. The van der Waals surface area contributed by atoms with E-state index in [1.54, 1.807) is 24.3 Å². The minimum absolute atomic E-state index is 0.131. The summed E-state index contributed by atoms with van der Waals surface area (Å²) in [7, 11) is 0. The van der Waals surface area contributed by atoms with Crippen molar-refractivity contribution >= 4 is 34.9 Å². The topological polar surface area (TPSA) is 134 Å². The molecule has 0 saturated heterocycles. The van der Waals surface area contributed by atoms with E-state index in [4.69, 9.17) is 14.6 Å². The lowest BCUT2D eigenvalue weighted by atomic mass is 10.1. The van der Waals surface area contributed by atoms with Crippen molar-refractivity contribution in [2.24, 2.45) is 0 Å². The molecule has 8 nitrogen and oxygen atoms in total. The Hall–Kier alpha value is -3.42. The molecular weight excluding hydrogens is 330 g/mol. The van der Waals surface area contributed by atoms with Gasteiger partial charge in [0, 0.05) is 12.5 Å². The first-order valence-electron chi connectivity index (χ1n) is 7.32. The van der Waals surface area contributed by atoms with Gasteiger partial charge in [-0.3, -0.25) is 14.4 Å². The molecule has 0 aliphatic heterocycles. The molecule has 0 bridgehead atoms. The number of carboxylic acid groups (broad SMARTS) is 2. The Morgan fingerprint density at radius 2 is 1.92 bits per heavy atom. The molecule has 1 atom stereocenters. The van der Waals surface area contributed by atoms with Crippen molar-refractivity contribution in [2.45, 2.75) is 18.9 Å². The van der Waals surface area contributed by atoms with Gasteiger partial charge in [0.05, 0.1) is 10.9 Å². The number of benzene rings is 1. The van der Waals surface area contributed by atoms with Crippen molar-refractivity contribution in [3.8, 4) is 0 Å². The van der Waals surface area contributed by atoms with Crippen molar-refractivity contribution in [1.82, 2.24) is 5.32 Å². The molecule has 0 aliphatic carbocycles. The molecule has 1 heterocycles. The summed E-state index contributed by atoms with van der Waals surface area (Å²) in [6.07, 6.45) is 2.77. The van der Waals surface area contributed by atoms with Gasteiger partial charge in [0.25, 0.3) is 0 Å². The average molecular weight is 345 g/mol. The Balaban J connectivity index is 2.11.